The molecule has 0 N–H and O–H groups in total. The highest BCUT2D eigenvalue weighted by atomic mass is 19.4. The molecule has 0 bridgehead atoms. The van der Waals surface area contributed by atoms with Crippen molar-refractivity contribution in [1.82, 2.24) is 4.98 Å². The number of ether oxygens (including phenoxy) is 1. The van der Waals surface area contributed by atoms with Crippen LogP contribution in [0.3, 0.4) is 0 Å². The van der Waals surface area contributed by atoms with Crippen molar-refractivity contribution in [3.63, 3.8) is 0 Å². The topological polar surface area (TPSA) is 22.1 Å². The molecule has 0 aliphatic rings. The van der Waals surface area contributed by atoms with Crippen LogP contribution < -0.4 is 4.74 Å². The molecule has 0 spiro atoms. The van der Waals surface area contributed by atoms with Gasteiger partial charge in [0.2, 0.25) is 0 Å². The molecule has 0 fully saturated rings. The van der Waals surface area contributed by atoms with E-state index >= 15 is 0 Å². The molecule has 0 radical (unpaired) electrons. The second-order valence-electron chi connectivity index (χ2n) is 2.77. The number of aromatic nitrogens is 1. The van der Waals surface area contributed by atoms with E-state index in [-0.39, 0.29) is 12.3 Å². The first-order chi connectivity index (χ1) is 7.16. The predicted octanol–water partition coefficient (Wildman–Crippen LogP) is 3.13. The van der Waals surface area contributed by atoms with Crippen molar-refractivity contribution in [2.75, 3.05) is 7.11 Å². The highest BCUT2D eigenvalue weighted by molar-refractivity contribution is 5.36. The lowest BCUT2D eigenvalue weighted by Gasteiger charge is -2.13. The van der Waals surface area contributed by atoms with Crippen LogP contribution >= 0.6 is 0 Å². The van der Waals surface area contributed by atoms with Gasteiger partial charge < -0.3 is 4.74 Å². The van der Waals surface area contributed by atoms with Crippen molar-refractivity contribution in [2.45, 2.75) is 12.4 Å². The molecule has 16 heavy (non-hydrogen) atoms. The maximum absolute atomic E-state index is 12.3. The fraction of sp³-hybridized carbons (Fsp3) is 0.375. The first-order valence-electron chi connectivity index (χ1n) is 3.84. The number of hydrogen-bond donors (Lipinski definition) is 0. The third-order valence-corrected chi connectivity index (χ3v) is 1.68. The van der Waals surface area contributed by atoms with Gasteiger partial charge in [0.25, 0.3) is 0 Å². The van der Waals surface area contributed by atoms with Crippen molar-refractivity contribution in [3.05, 3.63) is 23.5 Å². The lowest BCUT2D eigenvalue weighted by molar-refractivity contribution is -0.145. The number of rotatable bonds is 1. The third-order valence-electron chi connectivity index (χ3n) is 1.68. The number of alkyl halides is 6. The van der Waals surface area contributed by atoms with Gasteiger partial charge >= 0.3 is 12.4 Å². The van der Waals surface area contributed by atoms with Gasteiger partial charge in [0.15, 0.2) is 0 Å². The first kappa shape index (κ1) is 12.6. The zero-order chi connectivity index (χ0) is 12.6. The SMILES string of the molecule is COc1cc(C(F)(F)F)ncc1C(F)(F)F. The third kappa shape index (κ3) is 2.56. The molecule has 0 saturated carbocycles. The summed E-state index contributed by atoms with van der Waals surface area (Å²) in [5, 5.41) is 0. The smallest absolute Gasteiger partial charge is 0.433 e. The van der Waals surface area contributed by atoms with Gasteiger partial charge in [0, 0.05) is 12.3 Å². The van der Waals surface area contributed by atoms with E-state index in [4.69, 9.17) is 0 Å². The maximum Gasteiger partial charge on any atom is 0.433 e. The van der Waals surface area contributed by atoms with Crippen molar-refractivity contribution in [2.24, 2.45) is 0 Å². The molecule has 0 aliphatic carbocycles. The van der Waals surface area contributed by atoms with Crippen LogP contribution in [0.4, 0.5) is 26.3 Å². The summed E-state index contributed by atoms with van der Waals surface area (Å²) in [4.78, 5) is 2.70. The lowest BCUT2D eigenvalue weighted by atomic mass is 10.2. The zero-order valence-corrected chi connectivity index (χ0v) is 7.78. The molecule has 1 heterocycles. The second kappa shape index (κ2) is 3.84. The minimum Gasteiger partial charge on any atom is -0.496 e. The number of pyridine rings is 1. The molecule has 0 unspecified atom stereocenters. The molecular weight excluding hydrogens is 240 g/mol. The van der Waals surface area contributed by atoms with Crippen LogP contribution in [0.1, 0.15) is 11.3 Å². The number of hydrogen-bond acceptors (Lipinski definition) is 2. The quantitative estimate of drug-likeness (QED) is 0.709. The van der Waals surface area contributed by atoms with E-state index < -0.39 is 29.4 Å². The largest absolute Gasteiger partial charge is 0.496 e. The summed E-state index contributed by atoms with van der Waals surface area (Å²) < 4.78 is 77.4. The van der Waals surface area contributed by atoms with E-state index in [2.05, 4.69) is 9.72 Å². The van der Waals surface area contributed by atoms with E-state index in [0.29, 0.717) is 0 Å². The van der Waals surface area contributed by atoms with Crippen LogP contribution in [0.25, 0.3) is 0 Å². The Bertz CT molecular complexity index is 383. The number of halogens is 6. The van der Waals surface area contributed by atoms with E-state index in [1.54, 1.807) is 0 Å². The Morgan fingerprint density at radius 1 is 1.06 bits per heavy atom. The molecule has 0 amide bonds. The van der Waals surface area contributed by atoms with Crippen molar-refractivity contribution < 1.29 is 31.1 Å². The molecule has 90 valence electrons. The Hall–Kier alpha value is -1.47. The predicted molar refractivity (Wildman–Crippen MR) is 40.8 cm³/mol. The number of methoxy groups -OCH3 is 1. The molecule has 0 saturated heterocycles. The van der Waals surface area contributed by atoms with E-state index in [9.17, 15) is 26.3 Å². The van der Waals surface area contributed by atoms with Gasteiger partial charge in [-0.05, 0) is 0 Å². The minimum atomic E-state index is -4.81. The van der Waals surface area contributed by atoms with Gasteiger partial charge in [-0.25, -0.2) is 0 Å². The van der Waals surface area contributed by atoms with Gasteiger partial charge in [-0.15, -0.1) is 0 Å². The summed E-state index contributed by atoms with van der Waals surface area (Å²) in [7, 11) is 0.852. The first-order valence-corrected chi connectivity index (χ1v) is 3.84. The summed E-state index contributed by atoms with van der Waals surface area (Å²) in [6, 6.07) is 0.211. The van der Waals surface area contributed by atoms with Crippen LogP contribution in [-0.2, 0) is 12.4 Å². The van der Waals surface area contributed by atoms with Crippen LogP contribution in [0.2, 0.25) is 0 Å². The average Bonchev–Trinajstić information content (AvgIpc) is 2.14. The Morgan fingerprint density at radius 2 is 1.62 bits per heavy atom. The minimum absolute atomic E-state index is 0.0989. The normalized spacial score (nSPS) is 12.7. The molecule has 1 aromatic rings. The fourth-order valence-electron chi connectivity index (χ4n) is 0.974. The van der Waals surface area contributed by atoms with Crippen LogP contribution in [0.5, 0.6) is 5.75 Å². The highest BCUT2D eigenvalue weighted by Gasteiger charge is 2.38. The van der Waals surface area contributed by atoms with Crippen LogP contribution in [0, 0.1) is 0 Å². The lowest BCUT2D eigenvalue weighted by Crippen LogP contribution is -2.13. The Balaban J connectivity index is 3.28. The molecule has 1 aromatic heterocycles. The van der Waals surface area contributed by atoms with Gasteiger partial charge in [-0.2, -0.15) is 26.3 Å². The Kier molecular flexibility index (Phi) is 3.02. The van der Waals surface area contributed by atoms with Crippen LogP contribution in [0.15, 0.2) is 12.3 Å². The van der Waals surface area contributed by atoms with Gasteiger partial charge in [-0.3, -0.25) is 4.98 Å². The van der Waals surface area contributed by atoms with E-state index in [1.807, 2.05) is 0 Å². The molecular formula is C8H5F6NO. The Labute approximate surface area is 85.9 Å². The molecule has 0 aromatic carbocycles. The van der Waals surface area contributed by atoms with Crippen LogP contribution in [-0.4, -0.2) is 12.1 Å². The van der Waals surface area contributed by atoms with E-state index in [0.717, 1.165) is 7.11 Å². The summed E-state index contributed by atoms with van der Waals surface area (Å²) in [5.74, 6) is -0.908. The molecule has 1 rings (SSSR count). The molecule has 0 atom stereocenters. The molecule has 2 nitrogen and oxygen atoms in total. The summed E-state index contributed by atoms with van der Waals surface area (Å²) >= 11 is 0. The van der Waals surface area contributed by atoms with Crippen molar-refractivity contribution in [3.8, 4) is 5.75 Å². The van der Waals surface area contributed by atoms with Crippen molar-refractivity contribution >= 4 is 0 Å². The van der Waals surface area contributed by atoms with Gasteiger partial charge in [0.05, 0.1) is 7.11 Å². The summed E-state index contributed by atoms with van der Waals surface area (Å²) in [6.45, 7) is 0. The van der Waals surface area contributed by atoms with Gasteiger partial charge in [0.1, 0.15) is 17.0 Å². The number of nitrogens with zero attached hydrogens (tertiary/aromatic N) is 1. The monoisotopic (exact) mass is 245 g/mol. The zero-order valence-electron chi connectivity index (χ0n) is 7.78. The Morgan fingerprint density at radius 3 is 2.00 bits per heavy atom. The molecule has 8 heteroatoms. The van der Waals surface area contributed by atoms with Crippen molar-refractivity contribution in [1.29, 1.82) is 0 Å². The highest BCUT2D eigenvalue weighted by Crippen LogP contribution is 2.38. The average molecular weight is 245 g/mol. The van der Waals surface area contributed by atoms with Gasteiger partial charge in [-0.1, -0.05) is 0 Å². The molecule has 0 aliphatic heterocycles. The summed E-state index contributed by atoms with van der Waals surface area (Å²) in [6.07, 6.45) is -9.51. The summed E-state index contributed by atoms with van der Waals surface area (Å²) in [5.41, 5.74) is -2.78. The standard InChI is InChI=1S/C8H5F6NO/c1-16-5-2-6(8(12,13)14)15-3-4(5)7(9,10)11/h2-3H,1H3. The van der Waals surface area contributed by atoms with E-state index in [1.165, 1.54) is 0 Å². The fourth-order valence-corrected chi connectivity index (χ4v) is 0.974. The maximum atomic E-state index is 12.3. The second-order valence-corrected chi connectivity index (χ2v) is 2.77.